The first-order chi connectivity index (χ1) is 18.6. The Balaban J connectivity index is -0.000000491. The molecule has 0 fully saturated rings. The van der Waals surface area contributed by atoms with Crippen LogP contribution in [0.15, 0.2) is 110 Å². The van der Waals surface area contributed by atoms with Crippen LogP contribution in [0.5, 0.6) is 0 Å². The van der Waals surface area contributed by atoms with E-state index >= 15 is 0 Å². The number of aromatic nitrogens is 2. The van der Waals surface area contributed by atoms with Crippen molar-refractivity contribution in [3.8, 4) is 0 Å². The van der Waals surface area contributed by atoms with Crippen LogP contribution in [0.4, 0.5) is 0 Å². The minimum atomic E-state index is 0. The summed E-state index contributed by atoms with van der Waals surface area (Å²) in [6.07, 6.45) is 6.48. The summed E-state index contributed by atoms with van der Waals surface area (Å²) in [4.78, 5) is 31.4. The maximum atomic E-state index is 11.8. The Morgan fingerprint density at radius 2 is 0.769 bits per heavy atom. The maximum absolute atomic E-state index is 11.8. The Morgan fingerprint density at radius 3 is 1.00 bits per heavy atom. The van der Waals surface area contributed by atoms with Crippen LogP contribution in [-0.4, -0.2) is 56.3 Å². The average molecular weight is 606 g/mol. The van der Waals surface area contributed by atoms with Gasteiger partial charge in [-0.1, -0.05) is 85.1 Å². The fourth-order valence-corrected chi connectivity index (χ4v) is 2.52. The zero-order valence-electron chi connectivity index (χ0n) is 21.0. The van der Waals surface area contributed by atoms with Crippen molar-refractivity contribution < 1.29 is 36.6 Å². The van der Waals surface area contributed by atoms with E-state index in [2.05, 4.69) is 34.4 Å². The van der Waals surface area contributed by atoms with Gasteiger partial charge in [-0.2, -0.15) is 10.3 Å². The van der Waals surface area contributed by atoms with Gasteiger partial charge in [0, 0.05) is 61.3 Å². The Morgan fingerprint density at radius 1 is 0.564 bits per heavy atom. The zero-order chi connectivity index (χ0) is 29.0. The van der Waals surface area contributed by atoms with Crippen LogP contribution in [0, 0.1) is 0 Å². The third-order valence-electron chi connectivity index (χ3n) is 3.96. The van der Waals surface area contributed by atoms with Gasteiger partial charge in [-0.15, -0.1) is 0 Å². The molecule has 2 aromatic carbocycles. The van der Waals surface area contributed by atoms with Gasteiger partial charge in [0.2, 0.25) is 0 Å². The van der Waals surface area contributed by atoms with Gasteiger partial charge in [-0.05, 0) is 24.3 Å². The monoisotopic (exact) mass is 605 g/mol. The number of aliphatic hydroxyl groups is 2. The number of carbonyl (C=O) groups is 2. The maximum Gasteiger partial charge on any atom is 2.00 e. The number of rotatable bonds is 4. The van der Waals surface area contributed by atoms with Crippen molar-refractivity contribution in [3.05, 3.63) is 143 Å². The molecule has 2 aromatic heterocycles. The third kappa shape index (κ3) is 18.1. The second-order valence-electron chi connectivity index (χ2n) is 6.04. The molecule has 1 radical (unpaired) electrons. The van der Waals surface area contributed by atoms with E-state index in [1.165, 1.54) is 10.3 Å². The number of ketones is 2. The summed E-state index contributed by atoms with van der Waals surface area (Å²) in [6, 6.07) is 25.3. The summed E-state index contributed by atoms with van der Waals surface area (Å²) >= 11 is 7.40. The molecule has 0 saturated heterocycles. The number of pyridine rings is 2. The molecule has 0 unspecified atom stereocenters. The summed E-state index contributed by atoms with van der Waals surface area (Å²) in [7, 11) is 2.00. The second kappa shape index (κ2) is 28.7. The van der Waals surface area contributed by atoms with Gasteiger partial charge in [0.25, 0.3) is 0 Å². The summed E-state index contributed by atoms with van der Waals surface area (Å²) in [5.41, 5.74) is 2.76. The zero-order valence-corrected chi connectivity index (χ0v) is 23.7. The third-order valence-corrected chi connectivity index (χ3v) is 3.96. The summed E-state index contributed by atoms with van der Waals surface area (Å²) in [5.74, 6) is 0.0704. The fraction of sp³-hybridized carbons (Fsp3) is 0.0714. The molecule has 0 atom stereocenters. The molecule has 0 saturated carbocycles. The van der Waals surface area contributed by atoms with E-state index in [4.69, 9.17) is 21.0 Å². The number of thiocarbonyl (C=S) groups is 2. The van der Waals surface area contributed by atoms with E-state index in [0.29, 0.717) is 22.3 Å². The van der Waals surface area contributed by atoms with Crippen LogP contribution in [0.25, 0.3) is 10.8 Å². The molecule has 11 heteroatoms. The Labute approximate surface area is 249 Å². The van der Waals surface area contributed by atoms with Crippen LogP contribution in [-0.2, 0) is 16.8 Å². The van der Waals surface area contributed by atoms with Gasteiger partial charge in [0.05, 0.1) is 0 Å². The molecule has 39 heavy (non-hydrogen) atoms. The number of isothiocyanates is 2. The van der Waals surface area contributed by atoms with E-state index < -0.39 is 0 Å². The number of hydrogen-bond donors (Lipinski definition) is 2. The number of aliphatic hydroxyl groups excluding tert-OH is 2. The normalized spacial score (nSPS) is 7.69. The molecular formula is C28H26CoN4O4S2. The van der Waals surface area contributed by atoms with E-state index in [-0.39, 0.29) is 28.3 Å². The SMILES string of the molecule is CO.CO.O=C(c1ccccc1)c1ccncc1.O=C(c1ccccc1)c1ccncc1.[Co+2].[N-]=C=S.[N-]=C=S. The van der Waals surface area contributed by atoms with Crippen LogP contribution in [0.2, 0.25) is 0 Å². The molecule has 203 valence electrons. The molecule has 4 aromatic rings. The molecule has 2 N–H and O–H groups in total. The van der Waals surface area contributed by atoms with E-state index in [1.54, 1.807) is 49.1 Å². The smallest absolute Gasteiger partial charge is 0.753 e. The standard InChI is InChI=1S/2C12H9NO.2CNS.2CH4O.Co/c2*14-12(10-4-2-1-3-5-10)11-6-8-13-9-7-11;2*2-1-3;2*1-2;/h2*1-9H;;;2*2H,1H3;/q;;2*-1;;;+2. The molecule has 4 rings (SSSR count). The van der Waals surface area contributed by atoms with Crippen molar-refractivity contribution in [2.75, 3.05) is 14.2 Å². The predicted molar refractivity (Wildman–Crippen MR) is 156 cm³/mol. The van der Waals surface area contributed by atoms with Gasteiger partial charge in [0.15, 0.2) is 11.6 Å². The van der Waals surface area contributed by atoms with Gasteiger partial charge in [0.1, 0.15) is 0 Å². The molecule has 0 spiro atoms. The number of nitrogens with zero attached hydrogens (tertiary/aromatic N) is 4. The fourth-order valence-electron chi connectivity index (χ4n) is 2.52. The van der Waals surface area contributed by atoms with E-state index in [9.17, 15) is 9.59 Å². The first-order valence-electron chi connectivity index (χ1n) is 10.5. The van der Waals surface area contributed by atoms with E-state index in [1.807, 2.05) is 60.7 Å². The minimum Gasteiger partial charge on any atom is -0.753 e. The topological polar surface area (TPSA) is 145 Å². The van der Waals surface area contributed by atoms with E-state index in [0.717, 1.165) is 14.2 Å². The molecule has 0 aliphatic rings. The molecule has 8 nitrogen and oxygen atoms in total. The van der Waals surface area contributed by atoms with Crippen molar-refractivity contribution in [2.45, 2.75) is 0 Å². The second-order valence-corrected chi connectivity index (χ2v) is 6.41. The summed E-state index contributed by atoms with van der Waals surface area (Å²) in [5, 5.41) is 30.9. The van der Waals surface area contributed by atoms with Crippen molar-refractivity contribution in [1.82, 2.24) is 9.97 Å². The minimum absolute atomic E-state index is 0. The molecule has 0 bridgehead atoms. The largest absolute Gasteiger partial charge is 2.00 e. The van der Waals surface area contributed by atoms with Crippen LogP contribution < -0.4 is 0 Å². The predicted octanol–water partition coefficient (Wildman–Crippen LogP) is 5.16. The Hall–Kier alpha value is -3.89. The van der Waals surface area contributed by atoms with Gasteiger partial charge in [-0.25, -0.2) is 0 Å². The first kappa shape index (κ1) is 39.6. The summed E-state index contributed by atoms with van der Waals surface area (Å²) < 4.78 is 0. The van der Waals surface area contributed by atoms with Crippen LogP contribution >= 0.6 is 24.4 Å². The molecular weight excluding hydrogens is 579 g/mol. The van der Waals surface area contributed by atoms with Gasteiger partial charge < -0.3 is 21.0 Å². The average Bonchev–Trinajstić information content (AvgIpc) is 3.01. The first-order valence-corrected chi connectivity index (χ1v) is 11.3. The number of carbonyl (C=O) groups excluding carboxylic acids is 2. The number of benzene rings is 2. The summed E-state index contributed by atoms with van der Waals surface area (Å²) in [6.45, 7) is 0. The van der Waals surface area contributed by atoms with Crippen molar-refractivity contribution in [1.29, 1.82) is 0 Å². The quantitative estimate of drug-likeness (QED) is 0.184. The molecule has 2 heterocycles. The molecule has 0 aliphatic carbocycles. The van der Waals surface area contributed by atoms with Gasteiger partial charge >= 0.3 is 16.8 Å². The van der Waals surface area contributed by atoms with Crippen LogP contribution in [0.1, 0.15) is 31.8 Å². The molecule has 0 aliphatic heterocycles. The van der Waals surface area contributed by atoms with Crippen molar-refractivity contribution in [3.63, 3.8) is 0 Å². The Kier molecular flexibility index (Phi) is 29.1. The van der Waals surface area contributed by atoms with Crippen molar-refractivity contribution in [2.24, 2.45) is 0 Å². The van der Waals surface area contributed by atoms with Crippen LogP contribution in [0.3, 0.4) is 0 Å². The van der Waals surface area contributed by atoms with Crippen molar-refractivity contribution >= 4 is 46.3 Å². The molecule has 0 amide bonds. The number of hydrogen-bond acceptors (Lipinski definition) is 8. The Bertz CT molecular complexity index is 1040. The van der Waals surface area contributed by atoms with Gasteiger partial charge in [-0.3, -0.25) is 19.6 Å².